The molecule has 0 bridgehead atoms. The van der Waals surface area contributed by atoms with Gasteiger partial charge in [-0.25, -0.2) is 9.78 Å². The highest BCUT2D eigenvalue weighted by Crippen LogP contribution is 2.31. The van der Waals surface area contributed by atoms with Crippen LogP contribution < -0.4 is 9.80 Å². The lowest BCUT2D eigenvalue weighted by molar-refractivity contribution is 0.0747. The minimum absolute atomic E-state index is 0.0101. The quantitative estimate of drug-likeness (QED) is 0.792. The van der Waals surface area contributed by atoms with Crippen LogP contribution in [-0.2, 0) is 4.74 Å². The highest BCUT2D eigenvalue weighted by atomic mass is 32.1. The summed E-state index contributed by atoms with van der Waals surface area (Å²) in [5.41, 5.74) is 2.94. The molecule has 4 rings (SSSR count). The Bertz CT molecular complexity index is 905. The number of thiophene rings is 1. The van der Waals surface area contributed by atoms with E-state index in [4.69, 9.17) is 4.74 Å². The number of rotatable bonds is 3. The summed E-state index contributed by atoms with van der Waals surface area (Å²) in [5.74, 6) is 1.01. The summed E-state index contributed by atoms with van der Waals surface area (Å²) in [7, 11) is 0. The maximum atomic E-state index is 12.9. The molecule has 2 aliphatic heterocycles. The van der Waals surface area contributed by atoms with E-state index >= 15 is 0 Å². The molecule has 7 nitrogen and oxygen atoms in total. The van der Waals surface area contributed by atoms with Gasteiger partial charge in [0.15, 0.2) is 0 Å². The Hall–Kier alpha value is -2.61. The molecular weight excluding hydrogens is 376 g/mol. The van der Waals surface area contributed by atoms with E-state index in [0.29, 0.717) is 25.3 Å². The topological polar surface area (TPSA) is 66.0 Å². The number of piperazine rings is 1. The number of hydrogen-bond donors (Lipinski definition) is 0. The van der Waals surface area contributed by atoms with Gasteiger partial charge < -0.3 is 14.5 Å². The van der Waals surface area contributed by atoms with Gasteiger partial charge in [-0.3, -0.25) is 9.69 Å². The number of pyridine rings is 1. The third kappa shape index (κ3) is 3.44. The first-order valence-corrected chi connectivity index (χ1v) is 10.3. The predicted molar refractivity (Wildman–Crippen MR) is 109 cm³/mol. The van der Waals surface area contributed by atoms with Crippen LogP contribution in [0.5, 0.6) is 0 Å². The molecule has 148 valence electrons. The second-order valence-electron chi connectivity index (χ2n) is 7.40. The van der Waals surface area contributed by atoms with Crippen molar-refractivity contribution >= 4 is 34.2 Å². The van der Waals surface area contributed by atoms with Crippen LogP contribution >= 0.6 is 11.3 Å². The Kier molecular flexibility index (Phi) is 4.97. The molecule has 0 spiro atoms. The molecule has 0 N–H and O–H groups in total. The average molecular weight is 401 g/mol. The molecular formula is C20H24N4O3S. The molecule has 0 aliphatic carbocycles. The fourth-order valence-electron chi connectivity index (χ4n) is 3.73. The number of nitrogens with zero attached hydrogens (tertiary/aromatic N) is 4. The van der Waals surface area contributed by atoms with Gasteiger partial charge in [-0.1, -0.05) is 6.07 Å². The second-order valence-corrected chi connectivity index (χ2v) is 8.29. The van der Waals surface area contributed by atoms with Gasteiger partial charge in [-0.05, 0) is 38.0 Å². The zero-order valence-corrected chi connectivity index (χ0v) is 17.2. The maximum absolute atomic E-state index is 12.9. The Morgan fingerprint density at radius 2 is 1.96 bits per heavy atom. The number of hydrogen-bond acceptors (Lipinski definition) is 6. The van der Waals surface area contributed by atoms with E-state index in [1.807, 2.05) is 30.3 Å². The van der Waals surface area contributed by atoms with Crippen LogP contribution in [0.25, 0.3) is 0 Å². The number of cyclic esters (lactones) is 1. The summed E-state index contributed by atoms with van der Waals surface area (Å²) in [4.78, 5) is 35.1. The number of anilines is 2. The Labute approximate surface area is 168 Å². The minimum atomic E-state index is -0.345. The van der Waals surface area contributed by atoms with Crippen molar-refractivity contribution < 1.29 is 14.3 Å². The summed E-state index contributed by atoms with van der Waals surface area (Å²) < 4.78 is 5.08. The normalized spacial score (nSPS) is 19.9. The van der Waals surface area contributed by atoms with Gasteiger partial charge in [-0.15, -0.1) is 11.3 Å². The van der Waals surface area contributed by atoms with Crippen molar-refractivity contribution in [2.45, 2.75) is 26.8 Å². The van der Waals surface area contributed by atoms with Gasteiger partial charge >= 0.3 is 6.09 Å². The monoisotopic (exact) mass is 400 g/mol. The van der Waals surface area contributed by atoms with E-state index in [1.165, 1.54) is 11.3 Å². The second kappa shape index (κ2) is 7.43. The lowest BCUT2D eigenvalue weighted by atomic mass is 10.2. The van der Waals surface area contributed by atoms with E-state index in [-0.39, 0.29) is 18.0 Å². The standard InChI is InChI=1S/C20H24N4O3S/c1-13-8-14(2)18(21-10-13)22-4-6-23(7-5-22)19(25)16-9-17(28-12-16)24-15(3)11-27-20(24)26/h8-10,12,15H,4-7,11H2,1-3H3. The number of aryl methyl sites for hydroxylation is 2. The van der Waals surface area contributed by atoms with Crippen molar-refractivity contribution in [3.8, 4) is 0 Å². The highest BCUT2D eigenvalue weighted by Gasteiger charge is 2.33. The van der Waals surface area contributed by atoms with Crippen LogP contribution in [0, 0.1) is 13.8 Å². The third-order valence-electron chi connectivity index (χ3n) is 5.21. The number of ether oxygens (including phenoxy) is 1. The number of carbonyl (C=O) groups excluding carboxylic acids is 2. The molecule has 1 atom stereocenters. The fraction of sp³-hybridized carbons (Fsp3) is 0.450. The van der Waals surface area contributed by atoms with Crippen LogP contribution in [0.2, 0.25) is 0 Å². The largest absolute Gasteiger partial charge is 0.447 e. The Morgan fingerprint density at radius 1 is 1.21 bits per heavy atom. The first kappa shape index (κ1) is 18.7. The lowest BCUT2D eigenvalue weighted by Gasteiger charge is -2.36. The van der Waals surface area contributed by atoms with Gasteiger partial charge in [-0.2, -0.15) is 0 Å². The van der Waals surface area contributed by atoms with Crippen LogP contribution in [0.15, 0.2) is 23.7 Å². The molecule has 1 unspecified atom stereocenters. The molecule has 0 aromatic carbocycles. The van der Waals surface area contributed by atoms with Crippen LogP contribution in [-0.4, -0.2) is 60.7 Å². The van der Waals surface area contributed by atoms with E-state index in [2.05, 4.69) is 22.9 Å². The van der Waals surface area contributed by atoms with Gasteiger partial charge in [0.2, 0.25) is 0 Å². The fourth-order valence-corrected chi connectivity index (χ4v) is 4.71. The van der Waals surface area contributed by atoms with Gasteiger partial charge in [0.25, 0.3) is 5.91 Å². The summed E-state index contributed by atoms with van der Waals surface area (Å²) in [5, 5.41) is 2.59. The molecule has 0 saturated carbocycles. The van der Waals surface area contributed by atoms with Crippen molar-refractivity contribution in [3.05, 3.63) is 40.4 Å². The zero-order chi connectivity index (χ0) is 19.8. The average Bonchev–Trinajstić information content (AvgIpc) is 3.28. The van der Waals surface area contributed by atoms with E-state index < -0.39 is 0 Å². The first-order chi connectivity index (χ1) is 13.4. The van der Waals surface area contributed by atoms with E-state index in [0.717, 1.165) is 35.0 Å². The lowest BCUT2D eigenvalue weighted by Crippen LogP contribution is -2.49. The van der Waals surface area contributed by atoms with Gasteiger partial charge in [0.05, 0.1) is 11.6 Å². The zero-order valence-electron chi connectivity index (χ0n) is 16.3. The molecule has 8 heteroatoms. The van der Waals surface area contributed by atoms with Crippen molar-refractivity contribution in [1.29, 1.82) is 0 Å². The third-order valence-corrected chi connectivity index (χ3v) is 6.14. The summed E-state index contributed by atoms with van der Waals surface area (Å²) in [6, 6.07) is 3.92. The molecule has 0 radical (unpaired) electrons. The number of amides is 2. The number of aromatic nitrogens is 1. The van der Waals surface area contributed by atoms with Crippen LogP contribution in [0.1, 0.15) is 28.4 Å². The van der Waals surface area contributed by atoms with Crippen molar-refractivity contribution in [1.82, 2.24) is 9.88 Å². The van der Waals surface area contributed by atoms with Crippen LogP contribution in [0.4, 0.5) is 15.6 Å². The molecule has 2 amide bonds. The molecule has 2 aromatic rings. The molecule has 2 saturated heterocycles. The summed E-state index contributed by atoms with van der Waals surface area (Å²) in [6.07, 6.45) is 1.54. The number of carbonyl (C=O) groups is 2. The van der Waals surface area contributed by atoms with E-state index in [1.54, 1.807) is 11.0 Å². The van der Waals surface area contributed by atoms with Gasteiger partial charge in [0.1, 0.15) is 17.4 Å². The Morgan fingerprint density at radius 3 is 2.61 bits per heavy atom. The predicted octanol–water partition coefficient (Wildman–Crippen LogP) is 3.07. The maximum Gasteiger partial charge on any atom is 0.415 e. The molecule has 28 heavy (non-hydrogen) atoms. The Balaban J connectivity index is 1.41. The SMILES string of the molecule is Cc1cnc(N2CCN(C(=O)c3csc(N4C(=O)OCC4C)c3)CC2)c(C)c1. The molecule has 4 heterocycles. The first-order valence-electron chi connectivity index (χ1n) is 9.46. The molecule has 2 aliphatic rings. The summed E-state index contributed by atoms with van der Waals surface area (Å²) >= 11 is 1.40. The highest BCUT2D eigenvalue weighted by molar-refractivity contribution is 7.14. The van der Waals surface area contributed by atoms with Crippen molar-refractivity contribution in [2.24, 2.45) is 0 Å². The summed E-state index contributed by atoms with van der Waals surface area (Å²) in [6.45, 7) is 9.26. The van der Waals surface area contributed by atoms with Crippen LogP contribution in [0.3, 0.4) is 0 Å². The molecule has 2 fully saturated rings. The van der Waals surface area contributed by atoms with Gasteiger partial charge in [0, 0.05) is 37.8 Å². The van der Waals surface area contributed by atoms with Crippen molar-refractivity contribution in [2.75, 3.05) is 42.6 Å². The van der Waals surface area contributed by atoms with Crippen molar-refractivity contribution in [3.63, 3.8) is 0 Å². The smallest absolute Gasteiger partial charge is 0.415 e. The minimum Gasteiger partial charge on any atom is -0.447 e. The molecule has 2 aromatic heterocycles. The van der Waals surface area contributed by atoms with E-state index in [9.17, 15) is 9.59 Å².